The van der Waals surface area contributed by atoms with Gasteiger partial charge in [0.25, 0.3) is 5.91 Å². The zero-order valence-electron chi connectivity index (χ0n) is 23.8. The molecule has 1 aliphatic heterocycles. The van der Waals surface area contributed by atoms with Crippen molar-refractivity contribution in [3.05, 3.63) is 0 Å². The van der Waals surface area contributed by atoms with E-state index >= 15 is 0 Å². The van der Waals surface area contributed by atoms with Gasteiger partial charge in [-0.3, -0.25) is 18.7 Å². The molecule has 1 fully saturated rings. The van der Waals surface area contributed by atoms with Crippen LogP contribution in [0.4, 0.5) is 4.79 Å². The average Bonchev–Trinajstić information content (AvgIpc) is 3.32. The predicted molar refractivity (Wildman–Crippen MR) is 142 cm³/mol. The molecule has 3 N–H and O–H groups in total. The summed E-state index contributed by atoms with van der Waals surface area (Å²) in [6.07, 6.45) is 2.17. The van der Waals surface area contributed by atoms with Gasteiger partial charge in [0, 0.05) is 13.7 Å². The highest BCUT2D eigenvalue weighted by atomic mass is 31.2. The maximum absolute atomic E-state index is 13.9. The van der Waals surface area contributed by atoms with Gasteiger partial charge in [-0.1, -0.05) is 39.5 Å². The number of ether oxygens (including phenoxy) is 1. The maximum atomic E-state index is 13.9. The van der Waals surface area contributed by atoms with Crippen LogP contribution in [0.1, 0.15) is 92.9 Å². The molecule has 3 amide bonds. The topological polar surface area (TPSA) is 161 Å². The summed E-state index contributed by atoms with van der Waals surface area (Å²) < 4.78 is 30.1. The number of hydrogen-bond donors (Lipinski definition) is 3. The Kier molecular flexibility index (Phi) is 13.7. The number of carbonyl (C=O) groups excluding carboxylic acids is 3. The molecule has 1 heterocycles. The van der Waals surface area contributed by atoms with Crippen LogP contribution in [0.3, 0.4) is 0 Å². The lowest BCUT2D eigenvalue weighted by Gasteiger charge is -2.31. The Morgan fingerprint density at radius 3 is 2.21 bits per heavy atom. The standard InChI is InChI=1S/C25H46N3O9P/c1-8-10-13-18(26-24(33)36-25(4,5)6)21(29)27-20(15-11-9-2)38(34,35-7)37-17(3)22(30)28-16-12-14-19(28)23(31)32/h17-20H,8-16H2,1-7H3,(H,26,33)(H,27,29)(H,31,32)/t17-,18-,19-,20?,38?/m0/s1. The van der Waals surface area contributed by atoms with Gasteiger partial charge in [-0.15, -0.1) is 0 Å². The number of nitrogens with one attached hydrogen (secondary N) is 2. The molecule has 1 saturated heterocycles. The van der Waals surface area contributed by atoms with E-state index in [-0.39, 0.29) is 13.0 Å². The van der Waals surface area contributed by atoms with Crippen molar-refractivity contribution >= 4 is 31.5 Å². The van der Waals surface area contributed by atoms with Gasteiger partial charge < -0.3 is 29.9 Å². The molecule has 38 heavy (non-hydrogen) atoms. The molecular formula is C25H46N3O9P. The number of unbranched alkanes of at least 4 members (excludes halogenated alkanes) is 2. The first-order valence-electron chi connectivity index (χ1n) is 13.4. The average molecular weight is 564 g/mol. The third kappa shape index (κ3) is 10.5. The second-order valence-corrected chi connectivity index (χ2v) is 12.8. The summed E-state index contributed by atoms with van der Waals surface area (Å²) in [4.78, 5) is 51.4. The summed E-state index contributed by atoms with van der Waals surface area (Å²) in [5.74, 6) is -3.38. The number of hydrogen-bond acceptors (Lipinski definition) is 8. The number of likely N-dealkylation sites (tertiary alicyclic amines) is 1. The lowest BCUT2D eigenvalue weighted by molar-refractivity contribution is -0.151. The number of alkyl carbamates (subject to hydrolysis) is 1. The highest BCUT2D eigenvalue weighted by Gasteiger charge is 2.43. The smallest absolute Gasteiger partial charge is 0.408 e. The number of nitrogens with zero attached hydrogens (tertiary/aromatic N) is 1. The Hall–Kier alpha value is -2.17. The SMILES string of the molecule is CCCCC(NC(=O)[C@H](CCCC)NC(=O)OC(C)(C)C)P(=O)(OC)O[C@@H](C)C(=O)N1CCC[C@H]1C(=O)O. The number of carboxylic acid groups (broad SMARTS) is 1. The third-order valence-electron chi connectivity index (χ3n) is 6.10. The lowest BCUT2D eigenvalue weighted by Crippen LogP contribution is -2.51. The van der Waals surface area contributed by atoms with Crippen molar-refractivity contribution in [2.24, 2.45) is 0 Å². The minimum atomic E-state index is -4.09. The summed E-state index contributed by atoms with van der Waals surface area (Å²) >= 11 is 0. The Morgan fingerprint density at radius 1 is 1.08 bits per heavy atom. The van der Waals surface area contributed by atoms with Gasteiger partial charge in [0.2, 0.25) is 5.91 Å². The van der Waals surface area contributed by atoms with Gasteiger partial charge >= 0.3 is 19.7 Å². The second kappa shape index (κ2) is 15.4. The Labute approximate surface area is 226 Å². The molecule has 13 heteroatoms. The quantitative estimate of drug-likeness (QED) is 0.250. The van der Waals surface area contributed by atoms with E-state index in [0.717, 1.165) is 12.8 Å². The van der Waals surface area contributed by atoms with Gasteiger partial charge in [0.05, 0.1) is 0 Å². The molecular weight excluding hydrogens is 517 g/mol. The molecule has 0 aliphatic carbocycles. The molecule has 1 aliphatic rings. The molecule has 0 spiro atoms. The summed E-state index contributed by atoms with van der Waals surface area (Å²) in [5, 5.41) is 14.7. The van der Waals surface area contributed by atoms with E-state index < -0.39 is 61.0 Å². The van der Waals surface area contributed by atoms with Crippen LogP contribution in [0, 0.1) is 0 Å². The van der Waals surface area contributed by atoms with Gasteiger partial charge in [-0.25, -0.2) is 9.59 Å². The molecule has 220 valence electrons. The van der Waals surface area contributed by atoms with E-state index in [4.69, 9.17) is 13.8 Å². The van der Waals surface area contributed by atoms with Crippen molar-refractivity contribution in [2.45, 2.75) is 122 Å². The van der Waals surface area contributed by atoms with E-state index in [0.29, 0.717) is 32.1 Å². The molecule has 0 saturated carbocycles. The van der Waals surface area contributed by atoms with Crippen molar-refractivity contribution in [3.8, 4) is 0 Å². The summed E-state index contributed by atoms with van der Waals surface area (Å²) in [7, 11) is -2.92. The number of amides is 3. The van der Waals surface area contributed by atoms with Gasteiger partial charge in [-0.2, -0.15) is 0 Å². The van der Waals surface area contributed by atoms with Crippen LogP contribution < -0.4 is 10.6 Å². The zero-order chi connectivity index (χ0) is 29.1. The Balaban J connectivity index is 3.09. The third-order valence-corrected chi connectivity index (χ3v) is 8.37. The van der Waals surface area contributed by atoms with Crippen LogP contribution in [-0.4, -0.2) is 77.1 Å². The fourth-order valence-corrected chi connectivity index (χ4v) is 5.93. The lowest BCUT2D eigenvalue weighted by atomic mass is 10.1. The number of aliphatic carboxylic acids is 1. The van der Waals surface area contributed by atoms with Crippen molar-refractivity contribution < 1.29 is 42.6 Å². The predicted octanol–water partition coefficient (Wildman–Crippen LogP) is 4.02. The monoisotopic (exact) mass is 563 g/mol. The van der Waals surface area contributed by atoms with Crippen LogP contribution in [0.15, 0.2) is 0 Å². The molecule has 0 aromatic heterocycles. The van der Waals surface area contributed by atoms with Crippen LogP contribution in [0.5, 0.6) is 0 Å². The minimum absolute atomic E-state index is 0.239. The summed E-state index contributed by atoms with van der Waals surface area (Å²) in [6.45, 7) is 10.7. The number of carboxylic acids is 1. The molecule has 0 aromatic carbocycles. The normalized spacial score (nSPS) is 19.7. The van der Waals surface area contributed by atoms with E-state index in [1.807, 2.05) is 13.8 Å². The summed E-state index contributed by atoms with van der Waals surface area (Å²) in [5.41, 5.74) is -0.753. The largest absolute Gasteiger partial charge is 0.480 e. The van der Waals surface area contributed by atoms with Crippen LogP contribution >= 0.6 is 7.60 Å². The highest BCUT2D eigenvalue weighted by Crippen LogP contribution is 2.54. The van der Waals surface area contributed by atoms with Gasteiger partial charge in [0.15, 0.2) is 0 Å². The first kappa shape index (κ1) is 33.9. The maximum Gasteiger partial charge on any atom is 0.408 e. The van der Waals surface area contributed by atoms with Crippen molar-refractivity contribution in [1.29, 1.82) is 0 Å². The van der Waals surface area contributed by atoms with Gasteiger partial charge in [-0.05, 0) is 53.4 Å². The van der Waals surface area contributed by atoms with E-state index in [9.17, 15) is 28.8 Å². The Morgan fingerprint density at radius 2 is 1.68 bits per heavy atom. The first-order valence-corrected chi connectivity index (χ1v) is 15.0. The fraction of sp³-hybridized carbons (Fsp3) is 0.840. The fourth-order valence-electron chi connectivity index (χ4n) is 4.13. The minimum Gasteiger partial charge on any atom is -0.480 e. The van der Waals surface area contributed by atoms with E-state index in [1.54, 1.807) is 20.8 Å². The Bertz CT molecular complexity index is 862. The molecule has 1 rings (SSSR count). The van der Waals surface area contributed by atoms with Crippen molar-refractivity contribution in [1.82, 2.24) is 15.5 Å². The van der Waals surface area contributed by atoms with E-state index in [2.05, 4.69) is 10.6 Å². The van der Waals surface area contributed by atoms with Crippen molar-refractivity contribution in [2.75, 3.05) is 13.7 Å². The summed E-state index contributed by atoms with van der Waals surface area (Å²) in [6, 6.07) is -1.91. The van der Waals surface area contributed by atoms with Gasteiger partial charge in [0.1, 0.15) is 29.6 Å². The second-order valence-electron chi connectivity index (χ2n) is 10.5. The van der Waals surface area contributed by atoms with Crippen molar-refractivity contribution in [3.63, 3.8) is 0 Å². The molecule has 5 atom stereocenters. The van der Waals surface area contributed by atoms with Crippen LogP contribution in [-0.2, 0) is 32.7 Å². The zero-order valence-corrected chi connectivity index (χ0v) is 24.7. The molecule has 12 nitrogen and oxygen atoms in total. The molecule has 0 bridgehead atoms. The van der Waals surface area contributed by atoms with Crippen LogP contribution in [0.25, 0.3) is 0 Å². The molecule has 2 unspecified atom stereocenters. The highest BCUT2D eigenvalue weighted by molar-refractivity contribution is 7.54. The molecule has 0 radical (unpaired) electrons. The first-order chi connectivity index (χ1) is 17.7. The van der Waals surface area contributed by atoms with Crippen LogP contribution in [0.2, 0.25) is 0 Å². The van der Waals surface area contributed by atoms with E-state index in [1.165, 1.54) is 18.9 Å². The number of carbonyl (C=O) groups is 4. The molecule has 0 aromatic rings. The number of rotatable bonds is 15.